The number of thiazole rings is 1. The summed E-state index contributed by atoms with van der Waals surface area (Å²) in [6, 6.07) is 0. The molecule has 2 heterocycles. The van der Waals surface area contributed by atoms with Gasteiger partial charge in [0.15, 0.2) is 15.8 Å². The van der Waals surface area contributed by atoms with E-state index in [1.54, 1.807) is 25.2 Å². The fraction of sp³-hybridized carbons (Fsp3) is 0.714. The van der Waals surface area contributed by atoms with Crippen LogP contribution in [0.3, 0.4) is 0 Å². The van der Waals surface area contributed by atoms with Gasteiger partial charge in [0, 0.05) is 30.7 Å². The van der Waals surface area contributed by atoms with Crippen LogP contribution < -0.4 is 5.32 Å². The largest absolute Gasteiger partial charge is 0.357 e. The van der Waals surface area contributed by atoms with E-state index in [-0.39, 0.29) is 29.7 Å². The van der Waals surface area contributed by atoms with Gasteiger partial charge in [-0.05, 0) is 27.7 Å². The predicted molar refractivity (Wildman–Crippen MR) is 107 cm³/mol. The first-order chi connectivity index (χ1) is 10.2. The van der Waals surface area contributed by atoms with Crippen molar-refractivity contribution in [3.05, 3.63) is 16.1 Å². The molecule has 23 heavy (non-hydrogen) atoms. The molecule has 1 aliphatic heterocycles. The summed E-state index contributed by atoms with van der Waals surface area (Å²) in [6.45, 7) is 9.74. The van der Waals surface area contributed by atoms with Gasteiger partial charge in [0.2, 0.25) is 0 Å². The first-order valence-electron chi connectivity index (χ1n) is 7.42. The minimum Gasteiger partial charge on any atom is -0.357 e. The molecule has 0 amide bonds. The number of hydrogen-bond acceptors (Lipinski definition) is 5. The maximum Gasteiger partial charge on any atom is 0.194 e. The van der Waals surface area contributed by atoms with Gasteiger partial charge in [0.05, 0.1) is 17.0 Å². The lowest BCUT2D eigenvalue weighted by Gasteiger charge is -2.39. The normalized spacial score (nSPS) is 20.0. The van der Waals surface area contributed by atoms with Gasteiger partial charge in [0.25, 0.3) is 0 Å². The molecule has 1 saturated heterocycles. The lowest BCUT2D eigenvalue weighted by molar-refractivity contribution is 0.353. The number of halogens is 1. The van der Waals surface area contributed by atoms with E-state index >= 15 is 0 Å². The van der Waals surface area contributed by atoms with Gasteiger partial charge < -0.3 is 10.2 Å². The van der Waals surface area contributed by atoms with E-state index < -0.39 is 14.6 Å². The average molecular weight is 472 g/mol. The molecule has 0 spiro atoms. The molecule has 1 aromatic heterocycles. The Morgan fingerprint density at radius 1 is 1.52 bits per heavy atom. The Kier molecular flexibility index (Phi) is 7.27. The van der Waals surface area contributed by atoms with Crippen LogP contribution in [0.5, 0.6) is 0 Å². The third-order valence-electron chi connectivity index (χ3n) is 3.71. The molecule has 1 aliphatic rings. The van der Waals surface area contributed by atoms with Crippen LogP contribution in [0.4, 0.5) is 0 Å². The van der Waals surface area contributed by atoms with Gasteiger partial charge in [-0.25, -0.2) is 18.4 Å². The molecule has 6 nitrogen and oxygen atoms in total. The van der Waals surface area contributed by atoms with Crippen LogP contribution in [0.25, 0.3) is 0 Å². The maximum atomic E-state index is 12.1. The highest BCUT2D eigenvalue weighted by Crippen LogP contribution is 2.23. The molecule has 9 heteroatoms. The predicted octanol–water partition coefficient (Wildman–Crippen LogP) is 2.04. The number of aliphatic imine (C=N–C) groups is 1. The van der Waals surface area contributed by atoms with Crippen molar-refractivity contribution in [2.24, 2.45) is 4.99 Å². The summed E-state index contributed by atoms with van der Waals surface area (Å²) in [4.78, 5) is 11.1. The second-order valence-corrected chi connectivity index (χ2v) is 9.74. The highest BCUT2D eigenvalue weighted by molar-refractivity contribution is 14.0. The van der Waals surface area contributed by atoms with Crippen LogP contribution in [-0.4, -0.2) is 54.4 Å². The van der Waals surface area contributed by atoms with Gasteiger partial charge in [-0.15, -0.1) is 35.3 Å². The molecule has 1 aromatic rings. The zero-order valence-electron chi connectivity index (χ0n) is 14.0. The van der Waals surface area contributed by atoms with Gasteiger partial charge in [0.1, 0.15) is 5.01 Å². The number of rotatable bonds is 3. The van der Waals surface area contributed by atoms with Crippen LogP contribution in [0.1, 0.15) is 31.5 Å². The van der Waals surface area contributed by atoms with E-state index in [2.05, 4.69) is 15.3 Å². The Hall–Kier alpha value is -0.420. The van der Waals surface area contributed by atoms with E-state index in [9.17, 15) is 8.42 Å². The summed E-state index contributed by atoms with van der Waals surface area (Å²) >= 11 is 1.60. The molecule has 2 rings (SSSR count). The Bertz CT molecular complexity index is 655. The Morgan fingerprint density at radius 3 is 2.74 bits per heavy atom. The molecule has 0 saturated carbocycles. The second kappa shape index (κ2) is 8.11. The summed E-state index contributed by atoms with van der Waals surface area (Å²) in [5, 5.41) is 6.23. The standard InChI is InChI=1S/C14H24N4O2S2.HI/c1-5-15-13(16-8-12-17-11(2)9-21-12)18-6-7-22(19,20)14(3,4)10-18;/h9H,5-8,10H2,1-4H3,(H,15,16);1H. The van der Waals surface area contributed by atoms with Gasteiger partial charge in [-0.2, -0.15) is 0 Å². The molecule has 1 N–H and O–H groups in total. The number of nitrogens with one attached hydrogen (secondary N) is 1. The Morgan fingerprint density at radius 2 is 2.22 bits per heavy atom. The van der Waals surface area contributed by atoms with Crippen molar-refractivity contribution in [2.45, 2.75) is 39.0 Å². The molecule has 0 radical (unpaired) electrons. The summed E-state index contributed by atoms with van der Waals surface area (Å²) in [7, 11) is -3.04. The monoisotopic (exact) mass is 472 g/mol. The Labute approximate surface area is 159 Å². The molecule has 0 atom stereocenters. The molecule has 0 aromatic carbocycles. The van der Waals surface area contributed by atoms with Crippen molar-refractivity contribution in [3.8, 4) is 0 Å². The van der Waals surface area contributed by atoms with Crippen molar-refractivity contribution in [1.82, 2.24) is 15.2 Å². The van der Waals surface area contributed by atoms with Crippen LogP contribution in [-0.2, 0) is 16.4 Å². The smallest absolute Gasteiger partial charge is 0.194 e. The molecule has 132 valence electrons. The van der Waals surface area contributed by atoms with E-state index in [1.807, 2.05) is 24.1 Å². The number of guanidine groups is 1. The van der Waals surface area contributed by atoms with E-state index in [1.165, 1.54) is 0 Å². The quantitative estimate of drug-likeness (QED) is 0.414. The van der Waals surface area contributed by atoms with Crippen LogP contribution in [0.2, 0.25) is 0 Å². The molecule has 0 bridgehead atoms. The van der Waals surface area contributed by atoms with Crippen molar-refractivity contribution in [2.75, 3.05) is 25.4 Å². The first-order valence-corrected chi connectivity index (χ1v) is 9.95. The summed E-state index contributed by atoms with van der Waals surface area (Å²) in [5.74, 6) is 0.930. The van der Waals surface area contributed by atoms with Crippen LogP contribution in [0, 0.1) is 6.92 Å². The number of hydrogen-bond donors (Lipinski definition) is 1. The van der Waals surface area contributed by atoms with Crippen molar-refractivity contribution < 1.29 is 8.42 Å². The highest BCUT2D eigenvalue weighted by Gasteiger charge is 2.40. The second-order valence-electron chi connectivity index (χ2n) is 6.05. The lowest BCUT2D eigenvalue weighted by atomic mass is 10.2. The summed E-state index contributed by atoms with van der Waals surface area (Å²) in [5.41, 5.74) is 1.00. The van der Waals surface area contributed by atoms with E-state index in [4.69, 9.17) is 0 Å². The number of aromatic nitrogens is 1. The zero-order chi connectivity index (χ0) is 16.4. The van der Waals surface area contributed by atoms with Crippen molar-refractivity contribution in [3.63, 3.8) is 0 Å². The summed E-state index contributed by atoms with van der Waals surface area (Å²) in [6.07, 6.45) is 0. The number of aryl methyl sites for hydroxylation is 1. The van der Waals surface area contributed by atoms with Gasteiger partial charge in [-0.3, -0.25) is 0 Å². The topological polar surface area (TPSA) is 74.7 Å². The third kappa shape index (κ3) is 5.02. The molecular formula is C14H25IN4O2S2. The fourth-order valence-electron chi connectivity index (χ4n) is 2.37. The van der Waals surface area contributed by atoms with Crippen molar-refractivity contribution >= 4 is 51.1 Å². The fourth-order valence-corrected chi connectivity index (χ4v) is 4.43. The molecular weight excluding hydrogens is 447 g/mol. The minimum atomic E-state index is -3.04. The highest BCUT2D eigenvalue weighted by atomic mass is 127. The van der Waals surface area contributed by atoms with Crippen molar-refractivity contribution in [1.29, 1.82) is 0 Å². The summed E-state index contributed by atoms with van der Waals surface area (Å²) < 4.78 is 23.5. The maximum absolute atomic E-state index is 12.1. The van der Waals surface area contributed by atoms with Crippen LogP contribution in [0.15, 0.2) is 10.4 Å². The molecule has 1 fully saturated rings. The molecule has 0 unspecified atom stereocenters. The Balaban J connectivity index is 0.00000264. The third-order valence-corrected chi connectivity index (χ3v) is 7.19. The average Bonchev–Trinajstić information content (AvgIpc) is 2.84. The van der Waals surface area contributed by atoms with E-state index in [0.29, 0.717) is 19.6 Å². The van der Waals surface area contributed by atoms with Gasteiger partial charge >= 0.3 is 0 Å². The molecule has 0 aliphatic carbocycles. The first kappa shape index (κ1) is 20.6. The van der Waals surface area contributed by atoms with E-state index in [0.717, 1.165) is 23.2 Å². The SMILES string of the molecule is CCNC(=NCc1nc(C)cs1)N1CCS(=O)(=O)C(C)(C)C1.I. The van der Waals surface area contributed by atoms with Crippen LogP contribution >= 0.6 is 35.3 Å². The minimum absolute atomic E-state index is 0. The number of nitrogens with zero attached hydrogens (tertiary/aromatic N) is 3. The number of sulfone groups is 1. The van der Waals surface area contributed by atoms with Gasteiger partial charge in [-0.1, -0.05) is 0 Å². The lowest BCUT2D eigenvalue weighted by Crippen LogP contribution is -2.57. The zero-order valence-corrected chi connectivity index (χ0v) is 18.0.